The van der Waals surface area contributed by atoms with Gasteiger partial charge < -0.3 is 15.5 Å². The summed E-state index contributed by atoms with van der Waals surface area (Å²) in [5.41, 5.74) is 1.73. The molecule has 188 valence electrons. The number of hydrogen-bond acceptors (Lipinski definition) is 5. The summed E-state index contributed by atoms with van der Waals surface area (Å²) in [5, 5.41) is 9.02. The Hall–Kier alpha value is -3.72. The quantitative estimate of drug-likeness (QED) is 0.459. The van der Waals surface area contributed by atoms with Crippen LogP contribution in [0.2, 0.25) is 0 Å². The zero-order valence-electron chi connectivity index (χ0n) is 21.1. The third-order valence-electron chi connectivity index (χ3n) is 6.16. The number of pyridine rings is 1. The van der Waals surface area contributed by atoms with Crippen molar-refractivity contribution in [1.29, 1.82) is 0 Å². The second-order valence-electron chi connectivity index (χ2n) is 10.3. The Bertz CT molecular complexity index is 1290. The van der Waals surface area contributed by atoms with Gasteiger partial charge in [-0.3, -0.25) is 19.9 Å². The fraction of sp³-hybridized carbons (Fsp3) is 0.333. The number of piperazine rings is 1. The number of anilines is 2. The Kier molecular flexibility index (Phi) is 6.86. The molecule has 0 radical (unpaired) electrons. The molecule has 0 spiro atoms. The summed E-state index contributed by atoms with van der Waals surface area (Å²) in [6.07, 6.45) is 3.44. The number of thiophene rings is 1. The minimum absolute atomic E-state index is 0.199. The normalized spacial score (nSPS) is 15.2. The van der Waals surface area contributed by atoms with Gasteiger partial charge in [0.1, 0.15) is 10.5 Å². The van der Waals surface area contributed by atoms with Gasteiger partial charge in [-0.2, -0.15) is 0 Å². The van der Waals surface area contributed by atoms with E-state index in [9.17, 15) is 14.4 Å². The van der Waals surface area contributed by atoms with E-state index in [-0.39, 0.29) is 17.2 Å². The Morgan fingerprint density at radius 3 is 2.47 bits per heavy atom. The van der Waals surface area contributed by atoms with Gasteiger partial charge in [-0.05, 0) is 60.7 Å². The molecule has 4 rings (SSSR count). The number of benzene rings is 1. The first kappa shape index (κ1) is 25.4. The Balaban J connectivity index is 1.59. The zero-order valence-corrected chi connectivity index (χ0v) is 22.0. The molecule has 3 aromatic rings. The summed E-state index contributed by atoms with van der Waals surface area (Å²) in [4.78, 5) is 45.7. The molecule has 1 saturated heterocycles. The van der Waals surface area contributed by atoms with E-state index in [0.717, 1.165) is 16.0 Å². The second-order valence-corrected chi connectivity index (χ2v) is 11.3. The van der Waals surface area contributed by atoms with Gasteiger partial charge in [0.05, 0.1) is 5.56 Å². The highest BCUT2D eigenvalue weighted by atomic mass is 32.1. The average molecular weight is 506 g/mol. The predicted molar refractivity (Wildman–Crippen MR) is 143 cm³/mol. The maximum atomic E-state index is 13.6. The van der Waals surface area contributed by atoms with Crippen LogP contribution in [-0.2, 0) is 10.2 Å². The van der Waals surface area contributed by atoms with Gasteiger partial charge in [0.25, 0.3) is 5.91 Å². The topological polar surface area (TPSA) is 103 Å². The summed E-state index contributed by atoms with van der Waals surface area (Å²) in [7, 11) is 0. The average Bonchev–Trinajstić information content (AvgIpc) is 3.25. The van der Waals surface area contributed by atoms with Crippen molar-refractivity contribution >= 4 is 39.9 Å². The molecular formula is C27H31N5O3S. The first-order chi connectivity index (χ1) is 17.0. The summed E-state index contributed by atoms with van der Waals surface area (Å²) in [6, 6.07) is 12.7. The van der Waals surface area contributed by atoms with Crippen LogP contribution in [0.1, 0.15) is 49.9 Å². The van der Waals surface area contributed by atoms with E-state index in [1.165, 1.54) is 11.3 Å². The molecule has 4 amide bonds. The van der Waals surface area contributed by atoms with Crippen LogP contribution in [0, 0.1) is 0 Å². The number of urea groups is 1. The van der Waals surface area contributed by atoms with Crippen molar-refractivity contribution in [2.75, 3.05) is 23.7 Å². The molecule has 9 heteroatoms. The number of rotatable bonds is 4. The van der Waals surface area contributed by atoms with Crippen molar-refractivity contribution in [2.45, 2.75) is 45.6 Å². The number of nitrogens with one attached hydrogen (secondary N) is 3. The second kappa shape index (κ2) is 9.73. The Labute approximate surface area is 215 Å². The number of aromatic nitrogens is 1. The smallest absolute Gasteiger partial charge is 0.324 e. The van der Waals surface area contributed by atoms with Crippen molar-refractivity contribution < 1.29 is 14.4 Å². The summed E-state index contributed by atoms with van der Waals surface area (Å²) in [5.74, 6) is -0.480. The third kappa shape index (κ3) is 5.26. The van der Waals surface area contributed by atoms with Gasteiger partial charge >= 0.3 is 6.03 Å². The van der Waals surface area contributed by atoms with E-state index in [0.29, 0.717) is 29.3 Å². The van der Waals surface area contributed by atoms with Gasteiger partial charge in [-0.1, -0.05) is 32.9 Å². The van der Waals surface area contributed by atoms with Crippen LogP contribution in [-0.4, -0.2) is 46.4 Å². The number of nitrogens with zero attached hydrogens (tertiary/aromatic N) is 2. The van der Waals surface area contributed by atoms with Crippen LogP contribution in [0.25, 0.3) is 11.1 Å². The lowest BCUT2D eigenvalue weighted by molar-refractivity contribution is -0.133. The lowest BCUT2D eigenvalue weighted by Crippen LogP contribution is -2.63. The zero-order chi connectivity index (χ0) is 26.1. The van der Waals surface area contributed by atoms with Crippen LogP contribution in [0.4, 0.5) is 15.5 Å². The fourth-order valence-corrected chi connectivity index (χ4v) is 5.10. The predicted octanol–water partition coefficient (Wildman–Crippen LogP) is 5.10. The van der Waals surface area contributed by atoms with Gasteiger partial charge in [0, 0.05) is 36.0 Å². The maximum Gasteiger partial charge on any atom is 0.324 e. The van der Waals surface area contributed by atoms with Crippen molar-refractivity contribution in [1.82, 2.24) is 15.2 Å². The number of amides is 4. The molecule has 0 saturated carbocycles. The van der Waals surface area contributed by atoms with E-state index in [4.69, 9.17) is 0 Å². The van der Waals surface area contributed by atoms with Crippen LogP contribution in [0.3, 0.4) is 0 Å². The monoisotopic (exact) mass is 505 g/mol. The maximum absolute atomic E-state index is 13.6. The van der Waals surface area contributed by atoms with Crippen LogP contribution in [0.15, 0.2) is 54.9 Å². The highest BCUT2D eigenvalue weighted by molar-refractivity contribution is 7.16. The van der Waals surface area contributed by atoms with E-state index in [1.807, 2.05) is 36.4 Å². The molecule has 36 heavy (non-hydrogen) atoms. The third-order valence-corrected chi connectivity index (χ3v) is 7.64. The first-order valence-corrected chi connectivity index (χ1v) is 12.6. The summed E-state index contributed by atoms with van der Waals surface area (Å²) < 4.78 is 0. The van der Waals surface area contributed by atoms with Gasteiger partial charge in [-0.15, -0.1) is 11.3 Å². The molecule has 0 atom stereocenters. The Morgan fingerprint density at radius 1 is 1.06 bits per heavy atom. The molecule has 0 unspecified atom stereocenters. The fourth-order valence-electron chi connectivity index (χ4n) is 4.00. The molecule has 0 bridgehead atoms. The van der Waals surface area contributed by atoms with Crippen molar-refractivity contribution in [3.05, 3.63) is 65.3 Å². The van der Waals surface area contributed by atoms with Crippen LogP contribution in [0.5, 0.6) is 0 Å². The number of hydrogen-bond donors (Lipinski definition) is 3. The van der Waals surface area contributed by atoms with Crippen molar-refractivity contribution in [2.24, 2.45) is 0 Å². The van der Waals surface area contributed by atoms with E-state index in [2.05, 4.69) is 41.7 Å². The van der Waals surface area contributed by atoms with Crippen molar-refractivity contribution in [3.8, 4) is 11.1 Å². The SMILES string of the molecule is CC(C)(C)c1cc(C(=O)N2CCNC(=O)C2(C)C)c(NC(=O)Nc2cccc(-c3ccncc3)c2)s1. The molecule has 0 aliphatic carbocycles. The summed E-state index contributed by atoms with van der Waals surface area (Å²) in [6.45, 7) is 10.4. The lowest BCUT2D eigenvalue weighted by Gasteiger charge is -2.41. The summed E-state index contributed by atoms with van der Waals surface area (Å²) >= 11 is 1.37. The molecule has 1 fully saturated rings. The Morgan fingerprint density at radius 2 is 1.78 bits per heavy atom. The molecule has 3 heterocycles. The van der Waals surface area contributed by atoms with Gasteiger partial charge in [0.2, 0.25) is 5.91 Å². The molecule has 1 aliphatic heterocycles. The molecular weight excluding hydrogens is 474 g/mol. The van der Waals surface area contributed by atoms with E-state index >= 15 is 0 Å². The molecule has 1 aromatic carbocycles. The van der Waals surface area contributed by atoms with Gasteiger partial charge in [0.15, 0.2) is 0 Å². The highest BCUT2D eigenvalue weighted by Gasteiger charge is 2.42. The molecule has 2 aromatic heterocycles. The van der Waals surface area contributed by atoms with Crippen LogP contribution < -0.4 is 16.0 Å². The lowest BCUT2D eigenvalue weighted by atomic mass is 9.93. The highest BCUT2D eigenvalue weighted by Crippen LogP contribution is 2.38. The number of carbonyl (C=O) groups is 3. The van der Waals surface area contributed by atoms with E-state index in [1.54, 1.807) is 37.2 Å². The van der Waals surface area contributed by atoms with Crippen LogP contribution >= 0.6 is 11.3 Å². The minimum atomic E-state index is -0.994. The number of carbonyl (C=O) groups excluding carboxylic acids is 3. The van der Waals surface area contributed by atoms with Gasteiger partial charge in [-0.25, -0.2) is 4.79 Å². The first-order valence-electron chi connectivity index (χ1n) is 11.8. The molecule has 3 N–H and O–H groups in total. The minimum Gasteiger partial charge on any atom is -0.352 e. The van der Waals surface area contributed by atoms with E-state index < -0.39 is 11.6 Å². The standard InChI is InChI=1S/C27H31N5O3S/c1-26(2,3)21-16-20(23(33)32-14-13-29-24(34)27(32,4)5)22(36-21)31-25(35)30-19-8-6-7-18(15-19)17-9-11-28-12-10-17/h6-12,15-16H,13-14H2,1-5H3,(H,29,34)(H2,30,31,35). The largest absolute Gasteiger partial charge is 0.352 e. The molecule has 8 nitrogen and oxygen atoms in total. The molecule has 1 aliphatic rings. The van der Waals surface area contributed by atoms with Crippen molar-refractivity contribution in [3.63, 3.8) is 0 Å².